The molecular weight excluding hydrogens is 247 g/mol. The van der Waals surface area contributed by atoms with Gasteiger partial charge in [-0.15, -0.1) is 0 Å². The van der Waals surface area contributed by atoms with Crippen molar-refractivity contribution in [1.82, 2.24) is 0 Å². The molecule has 0 bridgehead atoms. The molecule has 1 unspecified atom stereocenters. The minimum atomic E-state index is -1.50. The summed E-state index contributed by atoms with van der Waals surface area (Å²) < 4.78 is 24.9. The Bertz CT molecular complexity index is 384. The predicted octanol–water partition coefficient (Wildman–Crippen LogP) is 2.67. The van der Waals surface area contributed by atoms with Crippen molar-refractivity contribution in [3.05, 3.63) is 35.9 Å². The molecule has 1 aromatic carbocycles. The molecule has 0 aliphatic carbocycles. The topological polar surface area (TPSA) is 38.7 Å². The van der Waals surface area contributed by atoms with Crippen LogP contribution in [0.3, 0.4) is 0 Å². The molecule has 2 rings (SSSR count). The van der Waals surface area contributed by atoms with E-state index in [1.54, 1.807) is 0 Å². The molecule has 0 aromatic heterocycles. The normalized spacial score (nSPS) is 35.3. The van der Waals surface area contributed by atoms with Crippen LogP contribution in [0.25, 0.3) is 0 Å². The number of ether oxygens (including phenoxy) is 2. The second kappa shape index (κ2) is 6.46. The van der Waals surface area contributed by atoms with Gasteiger partial charge in [-0.2, -0.15) is 0 Å². The van der Waals surface area contributed by atoms with Crippen molar-refractivity contribution in [2.45, 2.75) is 51.5 Å². The Labute approximate surface area is 113 Å². The summed E-state index contributed by atoms with van der Waals surface area (Å²) in [6, 6.07) is 9.64. The summed E-state index contributed by atoms with van der Waals surface area (Å²) in [5.41, 5.74) is 0.996. The van der Waals surface area contributed by atoms with Gasteiger partial charge in [0.2, 0.25) is 0 Å². The molecule has 0 radical (unpaired) electrons. The number of alkyl halides is 1. The maximum Gasteiger partial charge on any atom is 0.189 e. The van der Waals surface area contributed by atoms with E-state index in [9.17, 15) is 9.50 Å². The molecule has 4 heteroatoms. The van der Waals surface area contributed by atoms with Gasteiger partial charge in [0.05, 0.1) is 18.8 Å². The van der Waals surface area contributed by atoms with Crippen LogP contribution in [0.1, 0.15) is 25.8 Å². The van der Waals surface area contributed by atoms with E-state index in [0.29, 0.717) is 6.61 Å². The minimum Gasteiger partial charge on any atom is -0.370 e. The molecule has 19 heavy (non-hydrogen) atoms. The first-order chi connectivity index (χ1) is 9.13. The standard InChI is InChI=1S/C15H21FO3/c1-3-12-10(2)14(13(16)15(17)19-12)18-9-11-7-5-4-6-8-11/h4-8,10,12-15,17H,3,9H2,1-2H3/t10-,12-,13-,14+,15?/m1/s1. The van der Waals surface area contributed by atoms with E-state index in [-0.39, 0.29) is 12.0 Å². The SMILES string of the molecule is CC[C@H]1OC(O)[C@H](F)[C@@H](OCc2ccccc2)[C@@H]1C. The van der Waals surface area contributed by atoms with Gasteiger partial charge < -0.3 is 14.6 Å². The van der Waals surface area contributed by atoms with Crippen molar-refractivity contribution in [1.29, 1.82) is 0 Å². The van der Waals surface area contributed by atoms with Crippen LogP contribution in [0.5, 0.6) is 0 Å². The summed E-state index contributed by atoms with van der Waals surface area (Å²) in [6.45, 7) is 4.21. The Balaban J connectivity index is 2.00. The second-order valence-electron chi connectivity index (χ2n) is 5.04. The lowest BCUT2D eigenvalue weighted by atomic mass is 9.90. The summed E-state index contributed by atoms with van der Waals surface area (Å²) in [4.78, 5) is 0. The van der Waals surface area contributed by atoms with Crippen molar-refractivity contribution in [3.63, 3.8) is 0 Å². The maximum atomic E-state index is 14.0. The van der Waals surface area contributed by atoms with E-state index in [2.05, 4.69) is 0 Å². The highest BCUT2D eigenvalue weighted by Crippen LogP contribution is 2.31. The monoisotopic (exact) mass is 268 g/mol. The molecule has 1 aliphatic rings. The molecule has 3 nitrogen and oxygen atoms in total. The van der Waals surface area contributed by atoms with E-state index < -0.39 is 18.6 Å². The number of rotatable bonds is 4. The molecule has 0 spiro atoms. The average molecular weight is 268 g/mol. The van der Waals surface area contributed by atoms with Gasteiger partial charge in [-0.25, -0.2) is 4.39 Å². The molecule has 106 valence electrons. The number of halogens is 1. The number of hydrogen-bond donors (Lipinski definition) is 1. The molecule has 1 fully saturated rings. The highest BCUT2D eigenvalue weighted by molar-refractivity contribution is 5.13. The molecule has 5 atom stereocenters. The third-order valence-corrected chi connectivity index (χ3v) is 3.69. The van der Waals surface area contributed by atoms with Gasteiger partial charge in [0, 0.05) is 5.92 Å². The zero-order valence-electron chi connectivity index (χ0n) is 11.3. The third-order valence-electron chi connectivity index (χ3n) is 3.69. The van der Waals surface area contributed by atoms with E-state index in [4.69, 9.17) is 9.47 Å². The van der Waals surface area contributed by atoms with Crippen molar-refractivity contribution < 1.29 is 19.0 Å². The largest absolute Gasteiger partial charge is 0.370 e. The van der Waals surface area contributed by atoms with E-state index in [1.165, 1.54) is 0 Å². The van der Waals surface area contributed by atoms with Crippen molar-refractivity contribution >= 4 is 0 Å². The van der Waals surface area contributed by atoms with Crippen molar-refractivity contribution in [2.24, 2.45) is 5.92 Å². The average Bonchev–Trinajstić information content (AvgIpc) is 2.44. The number of aliphatic hydroxyl groups excluding tert-OH is 1. The van der Waals surface area contributed by atoms with Crippen LogP contribution >= 0.6 is 0 Å². The van der Waals surface area contributed by atoms with Gasteiger partial charge in [-0.1, -0.05) is 44.2 Å². The van der Waals surface area contributed by atoms with E-state index in [1.807, 2.05) is 44.2 Å². The first-order valence-electron chi connectivity index (χ1n) is 6.76. The lowest BCUT2D eigenvalue weighted by Gasteiger charge is -2.40. The van der Waals surface area contributed by atoms with Crippen LogP contribution in [0, 0.1) is 5.92 Å². The van der Waals surface area contributed by atoms with Crippen LogP contribution in [-0.2, 0) is 16.1 Å². The Morgan fingerprint density at radius 1 is 1.32 bits per heavy atom. The first kappa shape index (κ1) is 14.4. The van der Waals surface area contributed by atoms with Gasteiger partial charge in [-0.3, -0.25) is 0 Å². The molecule has 1 saturated heterocycles. The highest BCUT2D eigenvalue weighted by atomic mass is 19.1. The van der Waals surface area contributed by atoms with E-state index in [0.717, 1.165) is 12.0 Å². The molecule has 1 N–H and O–H groups in total. The van der Waals surface area contributed by atoms with Crippen molar-refractivity contribution in [2.75, 3.05) is 0 Å². The second-order valence-corrected chi connectivity index (χ2v) is 5.04. The maximum absolute atomic E-state index is 14.0. The first-order valence-corrected chi connectivity index (χ1v) is 6.76. The third kappa shape index (κ3) is 3.32. The molecular formula is C15H21FO3. The smallest absolute Gasteiger partial charge is 0.189 e. The highest BCUT2D eigenvalue weighted by Gasteiger charge is 2.43. The van der Waals surface area contributed by atoms with Crippen LogP contribution in [-0.4, -0.2) is 29.8 Å². The predicted molar refractivity (Wildman–Crippen MR) is 70.2 cm³/mol. The zero-order chi connectivity index (χ0) is 13.8. The molecule has 1 heterocycles. The van der Waals surface area contributed by atoms with Gasteiger partial charge in [0.1, 0.15) is 0 Å². The quantitative estimate of drug-likeness (QED) is 0.912. The fourth-order valence-electron chi connectivity index (χ4n) is 2.52. The van der Waals surface area contributed by atoms with Gasteiger partial charge >= 0.3 is 0 Å². The minimum absolute atomic E-state index is 0.0767. The summed E-state index contributed by atoms with van der Waals surface area (Å²) in [5.74, 6) is -0.0767. The molecule has 0 amide bonds. The van der Waals surface area contributed by atoms with Crippen LogP contribution in [0.15, 0.2) is 30.3 Å². The fourth-order valence-corrected chi connectivity index (χ4v) is 2.52. The number of aliphatic hydroxyl groups is 1. The number of benzene rings is 1. The zero-order valence-corrected chi connectivity index (χ0v) is 11.3. The van der Waals surface area contributed by atoms with Gasteiger partial charge in [-0.05, 0) is 12.0 Å². The summed E-state index contributed by atoms with van der Waals surface area (Å²) >= 11 is 0. The van der Waals surface area contributed by atoms with Crippen molar-refractivity contribution in [3.8, 4) is 0 Å². The number of hydrogen-bond acceptors (Lipinski definition) is 3. The fraction of sp³-hybridized carbons (Fsp3) is 0.600. The van der Waals surface area contributed by atoms with Gasteiger partial charge in [0.15, 0.2) is 12.5 Å². The summed E-state index contributed by atoms with van der Waals surface area (Å²) in [6.07, 6.45) is -2.95. The lowest BCUT2D eigenvalue weighted by Crippen LogP contribution is -2.52. The Morgan fingerprint density at radius 2 is 2.00 bits per heavy atom. The molecule has 0 saturated carbocycles. The van der Waals surface area contributed by atoms with Gasteiger partial charge in [0.25, 0.3) is 0 Å². The Kier molecular flexibility index (Phi) is 4.91. The van der Waals surface area contributed by atoms with Crippen LogP contribution < -0.4 is 0 Å². The van der Waals surface area contributed by atoms with E-state index >= 15 is 0 Å². The Hall–Kier alpha value is -0.970. The Morgan fingerprint density at radius 3 is 2.63 bits per heavy atom. The molecule has 1 aliphatic heterocycles. The summed E-state index contributed by atoms with van der Waals surface area (Å²) in [5, 5.41) is 9.59. The lowest BCUT2D eigenvalue weighted by molar-refractivity contribution is -0.259. The summed E-state index contributed by atoms with van der Waals surface area (Å²) in [7, 11) is 0. The van der Waals surface area contributed by atoms with Crippen LogP contribution in [0.2, 0.25) is 0 Å². The van der Waals surface area contributed by atoms with Crippen LogP contribution in [0.4, 0.5) is 4.39 Å². The molecule has 1 aromatic rings.